The quantitative estimate of drug-likeness (QED) is 0.704. The molecule has 0 aliphatic carbocycles. The summed E-state index contributed by atoms with van der Waals surface area (Å²) in [5.41, 5.74) is 1.76. The molecule has 0 spiro atoms. The van der Waals surface area contributed by atoms with Crippen molar-refractivity contribution >= 4 is 17.1 Å². The van der Waals surface area contributed by atoms with Gasteiger partial charge in [-0.1, -0.05) is 30.3 Å². The number of hydrogen-bond donors (Lipinski definition) is 1. The van der Waals surface area contributed by atoms with Crippen LogP contribution >= 0.6 is 0 Å². The highest BCUT2D eigenvalue weighted by molar-refractivity contribution is 5.75. The van der Waals surface area contributed by atoms with Crippen LogP contribution in [0.5, 0.6) is 0 Å². The molecule has 3 aromatic rings. The van der Waals surface area contributed by atoms with Crippen LogP contribution in [0.3, 0.4) is 0 Å². The summed E-state index contributed by atoms with van der Waals surface area (Å²) in [6, 6.07) is 16.3. The Kier molecular flexibility index (Phi) is 4.62. The first-order valence-corrected chi connectivity index (χ1v) is 9.00. The van der Waals surface area contributed by atoms with E-state index in [0.717, 1.165) is 24.3 Å². The van der Waals surface area contributed by atoms with Gasteiger partial charge in [0, 0.05) is 38.4 Å². The van der Waals surface area contributed by atoms with Gasteiger partial charge in [0.2, 0.25) is 0 Å². The van der Waals surface area contributed by atoms with Gasteiger partial charge in [-0.3, -0.25) is 9.59 Å². The molecule has 0 aromatic heterocycles. The van der Waals surface area contributed by atoms with Crippen molar-refractivity contribution in [1.29, 1.82) is 0 Å². The number of piperazine rings is 1. The molecule has 1 aliphatic heterocycles. The molecule has 0 atom stereocenters. The van der Waals surface area contributed by atoms with Crippen LogP contribution in [0.25, 0.3) is 0 Å². The van der Waals surface area contributed by atoms with Crippen LogP contribution in [-0.4, -0.2) is 26.2 Å². The Bertz CT molecular complexity index is 1000. The molecule has 6 heteroatoms. The number of rotatable bonds is 5. The zero-order valence-electron chi connectivity index (χ0n) is 14.8. The molecular formula is C21H20FN3O2. The summed E-state index contributed by atoms with van der Waals surface area (Å²) in [6.07, 6.45) is 0. The highest BCUT2D eigenvalue weighted by Crippen LogP contribution is 2.24. The molecule has 1 heterocycles. The summed E-state index contributed by atoms with van der Waals surface area (Å²) in [7, 11) is 0. The van der Waals surface area contributed by atoms with E-state index in [1.165, 1.54) is 12.1 Å². The first-order valence-electron chi connectivity index (χ1n) is 9.00. The SMILES string of the molecule is O=c1c(NCc2cccc(F)c2)c(N2CCN(c3ccccc3)CC2)c1=O. The third kappa shape index (κ3) is 3.43. The summed E-state index contributed by atoms with van der Waals surface area (Å²) in [4.78, 5) is 28.4. The average molecular weight is 365 g/mol. The smallest absolute Gasteiger partial charge is 0.253 e. The molecule has 0 amide bonds. The van der Waals surface area contributed by atoms with Crippen LogP contribution in [0.2, 0.25) is 0 Å². The van der Waals surface area contributed by atoms with Crippen molar-refractivity contribution in [1.82, 2.24) is 0 Å². The summed E-state index contributed by atoms with van der Waals surface area (Å²) in [6.45, 7) is 3.22. The Morgan fingerprint density at radius 3 is 2.26 bits per heavy atom. The molecular weight excluding hydrogens is 345 g/mol. The van der Waals surface area contributed by atoms with Crippen molar-refractivity contribution in [3.8, 4) is 0 Å². The lowest BCUT2D eigenvalue weighted by atomic mass is 10.1. The van der Waals surface area contributed by atoms with E-state index in [0.29, 0.717) is 31.0 Å². The Morgan fingerprint density at radius 1 is 0.852 bits per heavy atom. The zero-order valence-corrected chi connectivity index (χ0v) is 14.8. The molecule has 1 fully saturated rings. The molecule has 1 N–H and O–H groups in total. The zero-order chi connectivity index (χ0) is 18.8. The van der Waals surface area contributed by atoms with Gasteiger partial charge in [0.25, 0.3) is 10.9 Å². The second-order valence-electron chi connectivity index (χ2n) is 6.67. The fraction of sp³-hybridized carbons (Fsp3) is 0.238. The maximum absolute atomic E-state index is 13.3. The van der Waals surface area contributed by atoms with Crippen LogP contribution in [-0.2, 0) is 6.54 Å². The van der Waals surface area contributed by atoms with E-state index in [-0.39, 0.29) is 5.82 Å². The molecule has 27 heavy (non-hydrogen) atoms. The van der Waals surface area contributed by atoms with E-state index >= 15 is 0 Å². The van der Waals surface area contributed by atoms with Crippen molar-refractivity contribution in [2.75, 3.05) is 41.3 Å². The Balaban J connectivity index is 1.44. The first-order chi connectivity index (χ1) is 13.1. The molecule has 1 aliphatic rings. The van der Waals surface area contributed by atoms with Crippen LogP contribution in [0.15, 0.2) is 64.2 Å². The van der Waals surface area contributed by atoms with Crippen molar-refractivity contribution in [2.24, 2.45) is 0 Å². The molecule has 0 radical (unpaired) electrons. The number of nitrogens with zero attached hydrogens (tertiary/aromatic N) is 2. The van der Waals surface area contributed by atoms with Gasteiger partial charge in [0.15, 0.2) is 0 Å². The van der Waals surface area contributed by atoms with Crippen molar-refractivity contribution < 1.29 is 4.39 Å². The average Bonchev–Trinajstić information content (AvgIpc) is 2.71. The molecule has 3 aromatic carbocycles. The first kappa shape index (κ1) is 17.3. The van der Waals surface area contributed by atoms with E-state index < -0.39 is 10.9 Å². The molecule has 4 rings (SSSR count). The van der Waals surface area contributed by atoms with Crippen LogP contribution in [0.4, 0.5) is 21.5 Å². The van der Waals surface area contributed by atoms with Crippen molar-refractivity contribution in [3.63, 3.8) is 0 Å². The van der Waals surface area contributed by atoms with Gasteiger partial charge in [-0.25, -0.2) is 4.39 Å². The number of para-hydroxylation sites is 1. The molecule has 0 saturated carbocycles. The number of benzene rings is 2. The van der Waals surface area contributed by atoms with Gasteiger partial charge in [0.05, 0.1) is 0 Å². The lowest BCUT2D eigenvalue weighted by molar-refractivity contribution is 0.626. The van der Waals surface area contributed by atoms with Gasteiger partial charge in [0.1, 0.15) is 17.2 Å². The van der Waals surface area contributed by atoms with E-state index in [1.54, 1.807) is 12.1 Å². The predicted molar refractivity (Wildman–Crippen MR) is 106 cm³/mol. The number of hydrogen-bond acceptors (Lipinski definition) is 5. The van der Waals surface area contributed by atoms with Gasteiger partial charge in [-0.05, 0) is 29.8 Å². The molecule has 5 nitrogen and oxygen atoms in total. The number of halogens is 1. The monoisotopic (exact) mass is 365 g/mol. The van der Waals surface area contributed by atoms with Crippen molar-refractivity contribution in [2.45, 2.75) is 6.54 Å². The predicted octanol–water partition coefficient (Wildman–Crippen LogP) is 2.36. The summed E-state index contributed by atoms with van der Waals surface area (Å²) in [5, 5.41) is 3.02. The number of anilines is 3. The van der Waals surface area contributed by atoms with Gasteiger partial charge < -0.3 is 15.1 Å². The molecule has 1 saturated heterocycles. The molecule has 0 unspecified atom stereocenters. The summed E-state index contributed by atoms with van der Waals surface area (Å²) < 4.78 is 13.3. The molecule has 0 bridgehead atoms. The van der Waals surface area contributed by atoms with E-state index in [2.05, 4.69) is 22.3 Å². The summed E-state index contributed by atoms with van der Waals surface area (Å²) in [5.74, 6) is -0.323. The van der Waals surface area contributed by atoms with Gasteiger partial charge in [-0.15, -0.1) is 0 Å². The second kappa shape index (κ2) is 7.23. The maximum atomic E-state index is 13.3. The fourth-order valence-electron chi connectivity index (χ4n) is 3.51. The lowest BCUT2D eigenvalue weighted by Crippen LogP contribution is -2.51. The fourth-order valence-corrected chi connectivity index (χ4v) is 3.51. The Hall–Kier alpha value is -3.15. The minimum atomic E-state index is -0.494. The highest BCUT2D eigenvalue weighted by Gasteiger charge is 2.28. The minimum Gasteiger partial charge on any atom is -0.376 e. The minimum absolute atomic E-state index is 0.305. The largest absolute Gasteiger partial charge is 0.376 e. The molecule has 138 valence electrons. The number of nitrogens with one attached hydrogen (secondary N) is 1. The van der Waals surface area contributed by atoms with E-state index in [4.69, 9.17) is 0 Å². The Morgan fingerprint density at radius 2 is 1.56 bits per heavy atom. The lowest BCUT2D eigenvalue weighted by Gasteiger charge is -2.38. The standard InChI is InChI=1S/C21H20FN3O2/c22-16-6-4-5-15(13-16)14-23-18-19(21(27)20(18)26)25-11-9-24(10-12-25)17-7-2-1-3-8-17/h1-8,13,23H,9-12,14H2. The van der Waals surface area contributed by atoms with Gasteiger partial charge >= 0.3 is 0 Å². The van der Waals surface area contributed by atoms with Crippen LogP contribution < -0.4 is 26.0 Å². The van der Waals surface area contributed by atoms with Crippen molar-refractivity contribution in [3.05, 3.63) is 86.4 Å². The second-order valence-corrected chi connectivity index (χ2v) is 6.67. The van der Waals surface area contributed by atoms with Crippen LogP contribution in [0, 0.1) is 5.82 Å². The third-order valence-electron chi connectivity index (χ3n) is 4.96. The Labute approximate surface area is 156 Å². The van der Waals surface area contributed by atoms with Gasteiger partial charge in [-0.2, -0.15) is 0 Å². The topological polar surface area (TPSA) is 52.7 Å². The third-order valence-corrected chi connectivity index (χ3v) is 4.96. The normalized spacial score (nSPS) is 14.6. The highest BCUT2D eigenvalue weighted by atomic mass is 19.1. The van der Waals surface area contributed by atoms with E-state index in [1.807, 2.05) is 23.1 Å². The van der Waals surface area contributed by atoms with Crippen LogP contribution in [0.1, 0.15) is 5.56 Å². The van der Waals surface area contributed by atoms with E-state index in [9.17, 15) is 14.0 Å². The maximum Gasteiger partial charge on any atom is 0.253 e. The summed E-state index contributed by atoms with van der Waals surface area (Å²) >= 11 is 0.